The first-order valence-electron chi connectivity index (χ1n) is 5.80. The SMILES string of the molecule is CC(C)c1cc(C(=O)O)cc2c1ccn2S(C)(=O)=O. The Bertz CT molecular complexity index is 756. The van der Waals surface area contributed by atoms with E-state index in [4.69, 9.17) is 5.11 Å². The van der Waals surface area contributed by atoms with Crippen LogP contribution < -0.4 is 0 Å². The van der Waals surface area contributed by atoms with E-state index in [1.165, 1.54) is 12.3 Å². The lowest BCUT2D eigenvalue weighted by Gasteiger charge is -2.10. The number of fused-ring (bicyclic) bond motifs is 1. The summed E-state index contributed by atoms with van der Waals surface area (Å²) in [7, 11) is -3.45. The molecule has 1 N–H and O–H groups in total. The molecule has 102 valence electrons. The smallest absolute Gasteiger partial charge is 0.335 e. The van der Waals surface area contributed by atoms with Gasteiger partial charge < -0.3 is 5.11 Å². The number of carbonyl (C=O) groups is 1. The van der Waals surface area contributed by atoms with Gasteiger partial charge in [-0.1, -0.05) is 13.8 Å². The Morgan fingerprint density at radius 2 is 1.95 bits per heavy atom. The van der Waals surface area contributed by atoms with E-state index < -0.39 is 16.0 Å². The first-order valence-corrected chi connectivity index (χ1v) is 7.65. The van der Waals surface area contributed by atoms with Crippen LogP contribution in [-0.4, -0.2) is 29.7 Å². The topological polar surface area (TPSA) is 76.4 Å². The van der Waals surface area contributed by atoms with Crippen LogP contribution in [0.3, 0.4) is 0 Å². The van der Waals surface area contributed by atoms with Crippen LogP contribution in [0.25, 0.3) is 10.9 Å². The highest BCUT2D eigenvalue weighted by atomic mass is 32.2. The summed E-state index contributed by atoms with van der Waals surface area (Å²) in [6.45, 7) is 3.89. The minimum absolute atomic E-state index is 0.0970. The second-order valence-corrected chi connectivity index (χ2v) is 6.69. The van der Waals surface area contributed by atoms with Gasteiger partial charge in [0.2, 0.25) is 10.0 Å². The zero-order valence-electron chi connectivity index (χ0n) is 10.9. The molecule has 5 nitrogen and oxygen atoms in total. The Morgan fingerprint density at radius 1 is 1.32 bits per heavy atom. The molecule has 0 spiro atoms. The molecule has 6 heteroatoms. The minimum atomic E-state index is -3.45. The van der Waals surface area contributed by atoms with Gasteiger partial charge >= 0.3 is 5.97 Å². The van der Waals surface area contributed by atoms with E-state index in [9.17, 15) is 13.2 Å². The molecule has 19 heavy (non-hydrogen) atoms. The number of hydrogen-bond acceptors (Lipinski definition) is 3. The van der Waals surface area contributed by atoms with E-state index in [1.54, 1.807) is 12.1 Å². The molecule has 1 aromatic carbocycles. The molecule has 0 fully saturated rings. The fourth-order valence-electron chi connectivity index (χ4n) is 2.14. The number of aromatic nitrogens is 1. The monoisotopic (exact) mass is 281 g/mol. The van der Waals surface area contributed by atoms with Crippen molar-refractivity contribution in [2.24, 2.45) is 0 Å². The average molecular weight is 281 g/mol. The molecule has 0 bridgehead atoms. The highest BCUT2D eigenvalue weighted by Crippen LogP contribution is 2.29. The minimum Gasteiger partial charge on any atom is -0.478 e. The summed E-state index contributed by atoms with van der Waals surface area (Å²) in [6.07, 6.45) is 2.55. The van der Waals surface area contributed by atoms with Crippen molar-refractivity contribution in [3.63, 3.8) is 0 Å². The number of carboxylic acid groups (broad SMARTS) is 1. The fraction of sp³-hybridized carbons (Fsp3) is 0.308. The Hall–Kier alpha value is -1.82. The van der Waals surface area contributed by atoms with E-state index in [0.717, 1.165) is 21.2 Å². The first kappa shape index (κ1) is 13.6. The normalized spacial score (nSPS) is 12.2. The Labute approximate surface area is 111 Å². The summed E-state index contributed by atoms with van der Waals surface area (Å²) >= 11 is 0. The zero-order chi connectivity index (χ0) is 14.4. The number of rotatable bonds is 3. The number of benzene rings is 1. The van der Waals surface area contributed by atoms with E-state index in [-0.39, 0.29) is 11.5 Å². The molecule has 2 aromatic rings. The summed E-state index contributed by atoms with van der Waals surface area (Å²) in [4.78, 5) is 11.1. The highest BCUT2D eigenvalue weighted by Gasteiger charge is 2.17. The van der Waals surface area contributed by atoms with Crippen molar-refractivity contribution in [3.05, 3.63) is 35.5 Å². The molecule has 0 aliphatic rings. The van der Waals surface area contributed by atoms with Crippen molar-refractivity contribution in [3.8, 4) is 0 Å². The van der Waals surface area contributed by atoms with Gasteiger partial charge in [0.1, 0.15) is 0 Å². The van der Waals surface area contributed by atoms with Crippen molar-refractivity contribution >= 4 is 26.9 Å². The van der Waals surface area contributed by atoms with Gasteiger partial charge in [-0.25, -0.2) is 17.2 Å². The first-order chi connectivity index (χ1) is 8.71. The van der Waals surface area contributed by atoms with Crippen molar-refractivity contribution in [1.82, 2.24) is 3.97 Å². The third-order valence-corrected chi connectivity index (χ3v) is 4.06. The average Bonchev–Trinajstić information content (AvgIpc) is 2.69. The number of hydrogen-bond donors (Lipinski definition) is 1. The number of carboxylic acids is 1. The van der Waals surface area contributed by atoms with Crippen molar-refractivity contribution in [1.29, 1.82) is 0 Å². The lowest BCUT2D eigenvalue weighted by Crippen LogP contribution is -2.09. The molecule has 0 aliphatic carbocycles. The molecule has 0 atom stereocenters. The van der Waals surface area contributed by atoms with E-state index >= 15 is 0 Å². The predicted molar refractivity (Wildman–Crippen MR) is 73.2 cm³/mol. The van der Waals surface area contributed by atoms with Crippen LogP contribution in [0.5, 0.6) is 0 Å². The molecule has 2 rings (SSSR count). The van der Waals surface area contributed by atoms with Crippen LogP contribution >= 0.6 is 0 Å². The predicted octanol–water partition coefficient (Wildman–Crippen LogP) is 2.27. The third-order valence-electron chi connectivity index (χ3n) is 3.03. The lowest BCUT2D eigenvalue weighted by atomic mass is 9.97. The van der Waals surface area contributed by atoms with Gasteiger partial charge in [0, 0.05) is 11.6 Å². The maximum Gasteiger partial charge on any atom is 0.335 e. The zero-order valence-corrected chi connectivity index (χ0v) is 11.7. The molecule has 0 saturated heterocycles. The molecule has 0 amide bonds. The standard InChI is InChI=1S/C13H15NO4S/c1-8(2)11-6-9(13(15)16)7-12-10(11)4-5-14(12)19(3,17)18/h4-8H,1-3H3,(H,15,16). The molecule has 1 heterocycles. The maximum absolute atomic E-state index is 11.7. The molecule has 0 saturated carbocycles. The molecule has 0 radical (unpaired) electrons. The molecule has 0 unspecified atom stereocenters. The van der Waals surface area contributed by atoms with Crippen LogP contribution in [-0.2, 0) is 10.0 Å². The second kappa shape index (κ2) is 4.38. The van der Waals surface area contributed by atoms with Gasteiger partial charge in [-0.15, -0.1) is 0 Å². The van der Waals surface area contributed by atoms with Crippen LogP contribution in [0.1, 0.15) is 35.7 Å². The Balaban J connectivity index is 2.90. The van der Waals surface area contributed by atoms with Crippen molar-refractivity contribution in [2.75, 3.05) is 6.26 Å². The van der Waals surface area contributed by atoms with Crippen LogP contribution in [0.2, 0.25) is 0 Å². The van der Waals surface area contributed by atoms with E-state index in [1.807, 2.05) is 13.8 Å². The molecule has 0 aliphatic heterocycles. The summed E-state index contributed by atoms with van der Waals surface area (Å²) in [5, 5.41) is 9.89. The summed E-state index contributed by atoms with van der Waals surface area (Å²) in [5.74, 6) is -0.956. The summed E-state index contributed by atoms with van der Waals surface area (Å²) < 4.78 is 24.5. The fourth-order valence-corrected chi connectivity index (χ4v) is 2.93. The van der Waals surface area contributed by atoms with Gasteiger partial charge in [-0.2, -0.15) is 0 Å². The Morgan fingerprint density at radius 3 is 2.42 bits per heavy atom. The van der Waals surface area contributed by atoms with Crippen LogP contribution in [0.15, 0.2) is 24.4 Å². The van der Waals surface area contributed by atoms with Crippen molar-refractivity contribution < 1.29 is 18.3 Å². The highest BCUT2D eigenvalue weighted by molar-refractivity contribution is 7.89. The molecular weight excluding hydrogens is 266 g/mol. The third kappa shape index (κ3) is 2.35. The molecule has 1 aromatic heterocycles. The van der Waals surface area contributed by atoms with Gasteiger partial charge in [0.05, 0.1) is 17.3 Å². The number of aromatic carboxylic acids is 1. The van der Waals surface area contributed by atoms with E-state index in [0.29, 0.717) is 5.52 Å². The van der Waals surface area contributed by atoms with Gasteiger partial charge in [0.15, 0.2) is 0 Å². The van der Waals surface area contributed by atoms with Gasteiger partial charge in [-0.05, 0) is 29.7 Å². The van der Waals surface area contributed by atoms with Crippen LogP contribution in [0.4, 0.5) is 0 Å². The summed E-state index contributed by atoms with van der Waals surface area (Å²) in [6, 6.07) is 4.70. The number of nitrogens with zero attached hydrogens (tertiary/aromatic N) is 1. The quantitative estimate of drug-likeness (QED) is 0.936. The summed E-state index contributed by atoms with van der Waals surface area (Å²) in [5.41, 5.74) is 1.34. The van der Waals surface area contributed by atoms with E-state index in [2.05, 4.69) is 0 Å². The Kier molecular flexibility index (Phi) is 3.14. The largest absolute Gasteiger partial charge is 0.478 e. The maximum atomic E-state index is 11.7. The van der Waals surface area contributed by atoms with Crippen LogP contribution in [0, 0.1) is 0 Å². The van der Waals surface area contributed by atoms with Gasteiger partial charge in [0.25, 0.3) is 0 Å². The lowest BCUT2D eigenvalue weighted by molar-refractivity contribution is 0.0697. The van der Waals surface area contributed by atoms with Crippen molar-refractivity contribution in [2.45, 2.75) is 19.8 Å². The second-order valence-electron chi connectivity index (χ2n) is 4.83. The van der Waals surface area contributed by atoms with Gasteiger partial charge in [-0.3, -0.25) is 0 Å². The molecular formula is C13H15NO4S.